The molecule has 0 saturated carbocycles. The summed E-state index contributed by atoms with van der Waals surface area (Å²) < 4.78 is 13.2. The first-order valence-corrected chi connectivity index (χ1v) is 8.33. The highest BCUT2D eigenvalue weighted by atomic mass is 19.1. The average molecular weight is 363 g/mol. The van der Waals surface area contributed by atoms with E-state index in [1.807, 2.05) is 32.0 Å². The molecule has 0 aliphatic rings. The van der Waals surface area contributed by atoms with Gasteiger partial charge in [-0.2, -0.15) is 0 Å². The number of nitrogens with zero attached hydrogens (tertiary/aromatic N) is 1. The minimum atomic E-state index is -0.478. The maximum Gasteiger partial charge on any atom is 0.257 e. The molecule has 136 valence electrons. The summed E-state index contributed by atoms with van der Waals surface area (Å²) in [6, 6.07) is 12.6. The summed E-state index contributed by atoms with van der Waals surface area (Å²) in [5, 5.41) is 5.37. The molecule has 0 bridgehead atoms. The van der Waals surface area contributed by atoms with Crippen molar-refractivity contribution in [3.63, 3.8) is 0 Å². The van der Waals surface area contributed by atoms with E-state index in [9.17, 15) is 14.0 Å². The molecule has 2 N–H and O–H groups in total. The summed E-state index contributed by atoms with van der Waals surface area (Å²) in [6.07, 6.45) is 2.73. The van der Waals surface area contributed by atoms with Crippen LogP contribution < -0.4 is 10.6 Å². The van der Waals surface area contributed by atoms with Crippen LogP contribution in [0.5, 0.6) is 0 Å². The van der Waals surface area contributed by atoms with Crippen LogP contribution in [0.15, 0.2) is 60.9 Å². The molecule has 0 spiro atoms. The van der Waals surface area contributed by atoms with Crippen LogP contribution in [0.4, 0.5) is 15.8 Å². The number of pyridine rings is 1. The Balaban J connectivity index is 1.75. The van der Waals surface area contributed by atoms with Crippen molar-refractivity contribution in [1.29, 1.82) is 0 Å². The van der Waals surface area contributed by atoms with E-state index in [0.29, 0.717) is 11.4 Å². The summed E-state index contributed by atoms with van der Waals surface area (Å²) >= 11 is 0. The Morgan fingerprint density at radius 2 is 1.44 bits per heavy atom. The standard InChI is InChI=1S/C21H18FN3O2/c1-13-6-7-19(8-14(13)2)25-21(27)16-9-15(11-23-12-16)20(26)24-18-5-3-4-17(22)10-18/h3-12H,1-2H3,(H,24,26)(H,25,27). The van der Waals surface area contributed by atoms with Gasteiger partial charge in [-0.3, -0.25) is 14.6 Å². The fourth-order valence-corrected chi connectivity index (χ4v) is 2.48. The van der Waals surface area contributed by atoms with Crippen molar-refractivity contribution in [1.82, 2.24) is 4.98 Å². The molecule has 1 aromatic heterocycles. The highest BCUT2D eigenvalue weighted by Gasteiger charge is 2.12. The molecule has 27 heavy (non-hydrogen) atoms. The predicted molar refractivity (Wildman–Crippen MR) is 102 cm³/mol. The third-order valence-corrected chi connectivity index (χ3v) is 4.11. The number of carbonyl (C=O) groups is 2. The number of benzene rings is 2. The molecule has 3 rings (SSSR count). The number of halogens is 1. The second-order valence-electron chi connectivity index (χ2n) is 6.18. The lowest BCUT2D eigenvalue weighted by molar-refractivity contribution is 0.102. The van der Waals surface area contributed by atoms with Crippen LogP contribution >= 0.6 is 0 Å². The highest BCUT2D eigenvalue weighted by molar-refractivity contribution is 6.08. The minimum Gasteiger partial charge on any atom is -0.322 e. The maximum atomic E-state index is 13.2. The zero-order valence-electron chi connectivity index (χ0n) is 14.9. The van der Waals surface area contributed by atoms with Crippen LogP contribution in [-0.4, -0.2) is 16.8 Å². The van der Waals surface area contributed by atoms with E-state index in [0.717, 1.165) is 11.1 Å². The lowest BCUT2D eigenvalue weighted by Gasteiger charge is -2.09. The number of rotatable bonds is 4. The zero-order valence-corrected chi connectivity index (χ0v) is 14.9. The molecule has 0 aliphatic heterocycles. The van der Waals surface area contributed by atoms with E-state index in [4.69, 9.17) is 0 Å². The summed E-state index contributed by atoms with van der Waals surface area (Å²) in [5.41, 5.74) is 3.63. The summed E-state index contributed by atoms with van der Waals surface area (Å²) in [7, 11) is 0. The number of carbonyl (C=O) groups excluding carboxylic acids is 2. The third kappa shape index (κ3) is 4.55. The van der Waals surface area contributed by atoms with Gasteiger partial charge in [0.05, 0.1) is 11.1 Å². The molecule has 2 aromatic carbocycles. The van der Waals surface area contributed by atoms with Crippen molar-refractivity contribution in [2.45, 2.75) is 13.8 Å². The van der Waals surface area contributed by atoms with Crippen LogP contribution in [0.3, 0.4) is 0 Å². The fourth-order valence-electron chi connectivity index (χ4n) is 2.48. The second-order valence-corrected chi connectivity index (χ2v) is 6.18. The van der Waals surface area contributed by atoms with E-state index in [1.165, 1.54) is 36.7 Å². The van der Waals surface area contributed by atoms with Gasteiger partial charge < -0.3 is 10.6 Å². The van der Waals surface area contributed by atoms with Gasteiger partial charge in [0.25, 0.3) is 11.8 Å². The monoisotopic (exact) mass is 363 g/mol. The first-order valence-electron chi connectivity index (χ1n) is 8.33. The van der Waals surface area contributed by atoms with Crippen molar-refractivity contribution >= 4 is 23.2 Å². The van der Waals surface area contributed by atoms with Crippen molar-refractivity contribution < 1.29 is 14.0 Å². The van der Waals surface area contributed by atoms with Gasteiger partial charge in [0.2, 0.25) is 0 Å². The van der Waals surface area contributed by atoms with Crippen LogP contribution in [0.2, 0.25) is 0 Å². The molecule has 0 unspecified atom stereocenters. The third-order valence-electron chi connectivity index (χ3n) is 4.11. The topological polar surface area (TPSA) is 71.1 Å². The first-order chi connectivity index (χ1) is 12.9. The molecule has 0 aliphatic carbocycles. The van der Waals surface area contributed by atoms with Crippen molar-refractivity contribution in [2.24, 2.45) is 0 Å². The van der Waals surface area contributed by atoms with Gasteiger partial charge >= 0.3 is 0 Å². The van der Waals surface area contributed by atoms with Crippen LogP contribution in [0.1, 0.15) is 31.8 Å². The number of hydrogen-bond donors (Lipinski definition) is 2. The molecule has 0 saturated heterocycles. The van der Waals surface area contributed by atoms with Gasteiger partial charge in [0, 0.05) is 23.8 Å². The van der Waals surface area contributed by atoms with E-state index >= 15 is 0 Å². The SMILES string of the molecule is Cc1ccc(NC(=O)c2cncc(C(=O)Nc3cccc(F)c3)c2)cc1C. The van der Waals surface area contributed by atoms with Crippen molar-refractivity contribution in [3.05, 3.63) is 89.0 Å². The summed E-state index contributed by atoms with van der Waals surface area (Å²) in [5.74, 6) is -1.30. The largest absolute Gasteiger partial charge is 0.322 e. The molecule has 0 fully saturated rings. The zero-order chi connectivity index (χ0) is 19.4. The number of amides is 2. The van der Waals surface area contributed by atoms with E-state index in [-0.39, 0.29) is 17.0 Å². The Kier molecular flexibility index (Phi) is 5.26. The van der Waals surface area contributed by atoms with Gasteiger partial charge in [0.1, 0.15) is 5.82 Å². The number of nitrogens with one attached hydrogen (secondary N) is 2. The Hall–Kier alpha value is -3.54. The summed E-state index contributed by atoms with van der Waals surface area (Å²) in [4.78, 5) is 28.8. The molecule has 2 amide bonds. The van der Waals surface area contributed by atoms with E-state index < -0.39 is 11.7 Å². The van der Waals surface area contributed by atoms with Gasteiger partial charge in [-0.05, 0) is 61.4 Å². The summed E-state index contributed by atoms with van der Waals surface area (Å²) in [6.45, 7) is 3.95. The van der Waals surface area contributed by atoms with Crippen molar-refractivity contribution in [2.75, 3.05) is 10.6 Å². The Morgan fingerprint density at radius 1 is 0.815 bits per heavy atom. The molecule has 0 radical (unpaired) electrons. The van der Waals surface area contributed by atoms with Crippen LogP contribution in [0, 0.1) is 19.7 Å². The first kappa shape index (κ1) is 18.3. The van der Waals surface area contributed by atoms with E-state index in [1.54, 1.807) is 6.07 Å². The number of hydrogen-bond acceptors (Lipinski definition) is 3. The van der Waals surface area contributed by atoms with Gasteiger partial charge in [0.15, 0.2) is 0 Å². The van der Waals surface area contributed by atoms with Gasteiger partial charge in [-0.15, -0.1) is 0 Å². The van der Waals surface area contributed by atoms with E-state index in [2.05, 4.69) is 15.6 Å². The van der Waals surface area contributed by atoms with Gasteiger partial charge in [-0.25, -0.2) is 4.39 Å². The lowest BCUT2D eigenvalue weighted by atomic mass is 10.1. The second kappa shape index (κ2) is 7.78. The normalized spacial score (nSPS) is 10.3. The number of anilines is 2. The molecular formula is C21H18FN3O2. The Bertz CT molecular complexity index is 1020. The molecule has 1 heterocycles. The predicted octanol–water partition coefficient (Wildman–Crippen LogP) is 4.34. The Labute approximate surface area is 156 Å². The lowest BCUT2D eigenvalue weighted by Crippen LogP contribution is -2.16. The average Bonchev–Trinajstić information content (AvgIpc) is 2.65. The van der Waals surface area contributed by atoms with Crippen LogP contribution in [-0.2, 0) is 0 Å². The Morgan fingerprint density at radius 3 is 2.04 bits per heavy atom. The molecule has 0 atom stereocenters. The fraction of sp³-hybridized carbons (Fsp3) is 0.0952. The quantitative estimate of drug-likeness (QED) is 0.724. The number of aryl methyl sites for hydroxylation is 2. The van der Waals surface area contributed by atoms with Crippen LogP contribution in [0.25, 0.3) is 0 Å². The molecule has 6 heteroatoms. The molecular weight excluding hydrogens is 345 g/mol. The highest BCUT2D eigenvalue weighted by Crippen LogP contribution is 2.16. The molecule has 3 aromatic rings. The van der Waals surface area contributed by atoms with Crippen molar-refractivity contribution in [3.8, 4) is 0 Å². The smallest absolute Gasteiger partial charge is 0.257 e. The minimum absolute atomic E-state index is 0.201. The number of aromatic nitrogens is 1. The maximum absolute atomic E-state index is 13.2. The molecule has 5 nitrogen and oxygen atoms in total. The van der Waals surface area contributed by atoms with Gasteiger partial charge in [-0.1, -0.05) is 12.1 Å².